The summed E-state index contributed by atoms with van der Waals surface area (Å²) in [5, 5.41) is 7.64. The van der Waals surface area contributed by atoms with Gasteiger partial charge in [-0.05, 0) is 6.07 Å². The largest absolute Gasteiger partial charge is 0.360 e. The van der Waals surface area contributed by atoms with Crippen LogP contribution in [0, 0.1) is 12.3 Å². The molecule has 0 aliphatic carbocycles. The zero-order valence-corrected chi connectivity index (χ0v) is 24.9. The van der Waals surface area contributed by atoms with Gasteiger partial charge < -0.3 is 4.98 Å². The van der Waals surface area contributed by atoms with Crippen LogP contribution in [0.15, 0.2) is 60.9 Å². The Morgan fingerprint density at radius 3 is 2.82 bits per heavy atom. The molecule has 4 aromatic rings. The molecule has 0 radical (unpaired) electrons. The van der Waals surface area contributed by atoms with Crippen LogP contribution in [0.25, 0.3) is 22.2 Å². The molecule has 7 nitrogen and oxygen atoms in total. The molecule has 198 valence electrons. The molecule has 6 rings (SSSR count). The molecule has 0 spiro atoms. The van der Waals surface area contributed by atoms with Crippen molar-refractivity contribution in [3.63, 3.8) is 0 Å². The van der Waals surface area contributed by atoms with E-state index in [1.807, 2.05) is 36.5 Å². The van der Waals surface area contributed by atoms with Crippen LogP contribution in [0.2, 0.25) is 0 Å². The van der Waals surface area contributed by atoms with Gasteiger partial charge in [-0.25, -0.2) is 9.97 Å². The van der Waals surface area contributed by atoms with Crippen molar-refractivity contribution >= 4 is 65.2 Å². The predicted molar refractivity (Wildman–Crippen MR) is 166 cm³/mol. The molecule has 10 heteroatoms. The summed E-state index contributed by atoms with van der Waals surface area (Å²) in [5.41, 5.74) is 4.25. The summed E-state index contributed by atoms with van der Waals surface area (Å²) < 4.78 is 1.46. The van der Waals surface area contributed by atoms with Gasteiger partial charge in [-0.1, -0.05) is 24.1 Å². The Morgan fingerprint density at radius 2 is 2.00 bits per heavy atom. The second kappa shape index (κ2) is 12.1. The molecule has 2 saturated heterocycles. The van der Waals surface area contributed by atoms with Crippen LogP contribution in [0.1, 0.15) is 18.4 Å². The number of nitrogens with zero attached hydrogens (tertiary/aromatic N) is 3. The number of terminal acetylenes is 1. The Balaban J connectivity index is 1.08. The molecule has 1 unspecified atom stereocenters. The fourth-order valence-corrected chi connectivity index (χ4v) is 19.1. The number of hydrogen-bond acceptors (Lipinski definition) is 7. The average Bonchev–Trinajstić information content (AvgIpc) is 3.64. The number of nitrogens with one attached hydrogen (secondary N) is 3. The van der Waals surface area contributed by atoms with Crippen molar-refractivity contribution in [1.82, 2.24) is 19.9 Å². The number of hydrogen-bond donors (Lipinski definition) is 3. The molecular weight excluding hydrogens is 587 g/mol. The minimum atomic E-state index is -0.985. The molecule has 0 bridgehead atoms. The third-order valence-corrected chi connectivity index (χ3v) is 20.6. The maximum Gasteiger partial charge on any atom is 0.0936 e. The third-order valence-electron chi connectivity index (χ3n) is 6.86. The molecule has 1 atom stereocenters. The number of piperidine rings is 1. The van der Waals surface area contributed by atoms with Gasteiger partial charge in [0.05, 0.1) is 11.3 Å². The molecular formula is C29H29AsN6OS2. The molecule has 2 aromatic carbocycles. The Labute approximate surface area is 239 Å². The number of aromatic amines is 1. The number of amides is 1. The Morgan fingerprint density at radius 1 is 1.18 bits per heavy atom. The molecule has 0 saturated carbocycles. The van der Waals surface area contributed by atoms with Crippen molar-refractivity contribution < 1.29 is 4.79 Å². The van der Waals surface area contributed by atoms with Gasteiger partial charge in [-0.15, -0.1) is 6.42 Å². The van der Waals surface area contributed by atoms with Crippen LogP contribution in [-0.4, -0.2) is 75.3 Å². The molecule has 2 aliphatic heterocycles. The molecule has 2 aromatic heterocycles. The van der Waals surface area contributed by atoms with Crippen molar-refractivity contribution in [3.05, 3.63) is 66.5 Å². The maximum atomic E-state index is 12.8. The Hall–Kier alpha value is -2.89. The Kier molecular flexibility index (Phi) is 8.17. The van der Waals surface area contributed by atoms with Crippen LogP contribution in [0.4, 0.5) is 11.6 Å². The van der Waals surface area contributed by atoms with Gasteiger partial charge in [0.1, 0.15) is 0 Å². The second-order valence-corrected chi connectivity index (χ2v) is 21.3. The molecule has 2 fully saturated rings. The van der Waals surface area contributed by atoms with Gasteiger partial charge in [0.25, 0.3) is 0 Å². The second-order valence-electron chi connectivity index (χ2n) is 9.59. The van der Waals surface area contributed by atoms with Crippen LogP contribution >= 0.6 is 20.0 Å². The van der Waals surface area contributed by atoms with Crippen molar-refractivity contribution in [2.24, 2.45) is 0 Å². The summed E-state index contributed by atoms with van der Waals surface area (Å²) in [7, 11) is 4.26. The number of H-pyrrole nitrogens is 1. The summed E-state index contributed by atoms with van der Waals surface area (Å²) in [6, 6.07) is 16.7. The number of aromatic nitrogens is 3. The number of fused-ring (bicyclic) bond motifs is 1. The molecule has 3 N–H and O–H groups in total. The van der Waals surface area contributed by atoms with E-state index < -0.39 is 12.3 Å². The van der Waals surface area contributed by atoms with Gasteiger partial charge in [0.15, 0.2) is 0 Å². The van der Waals surface area contributed by atoms with Crippen molar-refractivity contribution in [2.45, 2.75) is 18.9 Å². The van der Waals surface area contributed by atoms with E-state index >= 15 is 0 Å². The first-order valence-corrected chi connectivity index (χ1v) is 20.4. The van der Waals surface area contributed by atoms with Crippen LogP contribution in [0.5, 0.6) is 0 Å². The quantitative estimate of drug-likeness (QED) is 0.211. The van der Waals surface area contributed by atoms with Gasteiger partial charge in [0.2, 0.25) is 0 Å². The van der Waals surface area contributed by atoms with Crippen LogP contribution < -0.4 is 15.0 Å². The van der Waals surface area contributed by atoms with E-state index in [0.717, 1.165) is 53.8 Å². The van der Waals surface area contributed by atoms with E-state index in [9.17, 15) is 4.79 Å². The average molecular weight is 617 g/mol. The van der Waals surface area contributed by atoms with Gasteiger partial charge in [-0.3, -0.25) is 0 Å². The van der Waals surface area contributed by atoms with Gasteiger partial charge in [-0.2, -0.15) is 0 Å². The van der Waals surface area contributed by atoms with Crippen molar-refractivity contribution in [2.75, 3.05) is 41.8 Å². The molecule has 4 heterocycles. The Bertz CT molecular complexity index is 1510. The summed E-state index contributed by atoms with van der Waals surface area (Å²) in [6.45, 7) is 2.00. The monoisotopic (exact) mass is 616 g/mol. The van der Waals surface area contributed by atoms with E-state index in [0.29, 0.717) is 18.1 Å². The number of anilines is 2. The number of para-hydroxylation sites is 1. The zero-order chi connectivity index (χ0) is 26.6. The number of carbonyl (C=O) groups is 1. The first-order chi connectivity index (χ1) is 19.2. The first-order valence-electron chi connectivity index (χ1n) is 13.0. The van der Waals surface area contributed by atoms with Crippen molar-refractivity contribution in [3.8, 4) is 23.6 Å². The fraction of sp³-hybridized carbons (Fsp3) is 0.276. The molecule has 39 heavy (non-hydrogen) atoms. The maximum absolute atomic E-state index is 12.8. The van der Waals surface area contributed by atoms with Crippen LogP contribution in [-0.2, 0) is 4.79 Å². The number of likely N-dealkylation sites (tertiary alicyclic amines) is 1. The van der Waals surface area contributed by atoms with E-state index in [1.54, 1.807) is 6.20 Å². The van der Waals surface area contributed by atoms with Gasteiger partial charge in [0, 0.05) is 28.9 Å². The van der Waals surface area contributed by atoms with Crippen molar-refractivity contribution in [1.29, 1.82) is 0 Å². The standard InChI is InChI=1S/C29H29AsN6OS2/c1-2-20-16-32-29(35-28(20)25-17-31-26-8-4-3-7-24(25)26)34-23-6-5-13-36(18-23)19-27(37)33-22-11-9-21(10-12-22)30-38-14-15-39-30/h1,3-4,7-12,16-17,23,31H,5-6,13-15,18-19H2,(H,33,37)(H,32,34,35). The summed E-state index contributed by atoms with van der Waals surface area (Å²) in [5.74, 6) is 5.82. The predicted octanol–water partition coefficient (Wildman–Crippen LogP) is 4.30. The number of carbonyl (C=O) groups excluding carboxylic acids is 1. The molecule has 1 amide bonds. The minimum Gasteiger partial charge on any atom is -0.360 e. The summed E-state index contributed by atoms with van der Waals surface area (Å²) in [6.07, 6.45) is 11.4. The van der Waals surface area contributed by atoms with E-state index in [2.05, 4.69) is 69.7 Å². The van der Waals surface area contributed by atoms with E-state index in [1.165, 1.54) is 15.9 Å². The summed E-state index contributed by atoms with van der Waals surface area (Å²) >= 11 is -0.985. The summed E-state index contributed by atoms with van der Waals surface area (Å²) in [4.78, 5) is 27.6. The topological polar surface area (TPSA) is 85.9 Å². The fourth-order valence-electron chi connectivity index (χ4n) is 5.03. The zero-order valence-electron chi connectivity index (χ0n) is 21.4. The van der Waals surface area contributed by atoms with E-state index in [4.69, 9.17) is 11.4 Å². The number of rotatable bonds is 7. The SMILES string of the molecule is C#Cc1cnc(NC2CCCN(CC(=O)Nc3ccc([As]4SCCS4)cc3)C2)nc1-c1c[nH]c2ccccc12. The third kappa shape index (κ3) is 6.15. The van der Waals surface area contributed by atoms with Gasteiger partial charge >= 0.3 is 149 Å². The minimum absolute atomic E-state index is 0.0159. The van der Waals surface area contributed by atoms with Crippen LogP contribution in [0.3, 0.4) is 0 Å². The normalized spacial score (nSPS) is 18.2. The smallest absolute Gasteiger partial charge is 0.0936 e. The molecule has 2 aliphatic rings. The number of benzene rings is 2. The van der Waals surface area contributed by atoms with E-state index in [-0.39, 0.29) is 11.9 Å². The first kappa shape index (κ1) is 26.3.